The van der Waals surface area contributed by atoms with Crippen molar-refractivity contribution in [2.75, 3.05) is 25.1 Å². The van der Waals surface area contributed by atoms with E-state index in [4.69, 9.17) is 4.74 Å². The van der Waals surface area contributed by atoms with Gasteiger partial charge < -0.3 is 9.64 Å². The van der Waals surface area contributed by atoms with Gasteiger partial charge in [0.05, 0.1) is 10.5 Å². The number of ketones is 1. The van der Waals surface area contributed by atoms with Crippen LogP contribution in [-0.2, 0) is 25.0 Å². The average Bonchev–Trinajstić information content (AvgIpc) is 3.24. The van der Waals surface area contributed by atoms with E-state index < -0.39 is 22.6 Å². The molecule has 208 valence electrons. The van der Waals surface area contributed by atoms with E-state index in [9.17, 15) is 18.0 Å². The number of carbonyl (C=O) groups excluding carboxylic acids is 2. The summed E-state index contributed by atoms with van der Waals surface area (Å²) in [5.41, 5.74) is 2.77. The second-order valence-electron chi connectivity index (χ2n) is 13.1. The second-order valence-corrected chi connectivity index (χ2v) is 15.0. The van der Waals surface area contributed by atoms with Gasteiger partial charge in [-0.3, -0.25) is 4.79 Å². The molecule has 2 heterocycles. The minimum atomic E-state index is -3.79. The molecule has 2 aromatic rings. The number of carbonyl (C=O) groups is 2. The number of hydrogen-bond acceptors (Lipinski definition) is 6. The zero-order chi connectivity index (χ0) is 28.4. The fraction of sp³-hybridized carbons (Fsp3) is 0.484. The summed E-state index contributed by atoms with van der Waals surface area (Å²) in [6.45, 7) is 10.7. The summed E-state index contributed by atoms with van der Waals surface area (Å²) in [6.07, 6.45) is 4.18. The highest BCUT2D eigenvalue weighted by Crippen LogP contribution is 2.53. The molecule has 3 aliphatic rings. The molecule has 5 rings (SSSR count). The van der Waals surface area contributed by atoms with Gasteiger partial charge >= 0.3 is 5.97 Å². The quantitative estimate of drug-likeness (QED) is 0.358. The lowest BCUT2D eigenvalue weighted by molar-refractivity contribution is -0.117. The molecule has 2 aromatic carbocycles. The number of rotatable bonds is 6. The first-order valence-electron chi connectivity index (χ1n) is 13.5. The van der Waals surface area contributed by atoms with Crippen LogP contribution in [0.2, 0.25) is 0 Å². The van der Waals surface area contributed by atoms with E-state index in [1.807, 2.05) is 30.1 Å². The van der Waals surface area contributed by atoms with Gasteiger partial charge in [0.2, 0.25) is 10.0 Å². The summed E-state index contributed by atoms with van der Waals surface area (Å²) >= 11 is 0. The number of ether oxygens (including phenoxy) is 1. The van der Waals surface area contributed by atoms with Crippen LogP contribution >= 0.6 is 0 Å². The van der Waals surface area contributed by atoms with Gasteiger partial charge in [0.15, 0.2) is 12.4 Å². The van der Waals surface area contributed by atoms with Crippen molar-refractivity contribution in [3.8, 4) is 0 Å². The topological polar surface area (TPSA) is 84.0 Å². The van der Waals surface area contributed by atoms with Crippen molar-refractivity contribution in [2.45, 2.75) is 70.2 Å². The highest BCUT2D eigenvalue weighted by molar-refractivity contribution is 7.89. The number of allylic oxidation sites excluding steroid dienone is 1. The predicted molar refractivity (Wildman–Crippen MR) is 151 cm³/mol. The van der Waals surface area contributed by atoms with Gasteiger partial charge in [0, 0.05) is 42.5 Å². The molecule has 0 radical (unpaired) electrons. The number of benzene rings is 2. The number of nitrogens with zero attached hydrogens (tertiary/aromatic N) is 2. The highest BCUT2D eigenvalue weighted by Gasteiger charge is 2.53. The van der Waals surface area contributed by atoms with Crippen molar-refractivity contribution >= 4 is 27.5 Å². The summed E-state index contributed by atoms with van der Waals surface area (Å²) in [7, 11) is -1.87. The third-order valence-corrected chi connectivity index (χ3v) is 10.5. The number of anilines is 1. The molecular weight excluding hydrogens is 512 g/mol. The molecule has 0 unspecified atom stereocenters. The van der Waals surface area contributed by atoms with Crippen molar-refractivity contribution in [1.82, 2.24) is 4.31 Å². The molecule has 2 atom stereocenters. The first-order valence-corrected chi connectivity index (χ1v) is 14.9. The van der Waals surface area contributed by atoms with Gasteiger partial charge in [0.25, 0.3) is 0 Å². The molecule has 39 heavy (non-hydrogen) atoms. The summed E-state index contributed by atoms with van der Waals surface area (Å²) in [4.78, 5) is 27.7. The molecule has 0 N–H and O–H groups in total. The Hall–Kier alpha value is -2.97. The SMILES string of the molecule is CN1/C(=C\C(=O)COC(=O)c2cccc(S(=O)(=O)N3C[C@]4(C)C[C@@H]3CC(C)(C)C4)c2)C(C)(C)c2ccccc21. The van der Waals surface area contributed by atoms with E-state index in [1.54, 1.807) is 10.4 Å². The fourth-order valence-corrected chi connectivity index (χ4v) is 9.10. The van der Waals surface area contributed by atoms with Crippen molar-refractivity contribution in [3.63, 3.8) is 0 Å². The molecule has 8 heteroatoms. The number of sulfonamides is 1. The van der Waals surface area contributed by atoms with Crippen molar-refractivity contribution in [2.24, 2.45) is 10.8 Å². The van der Waals surface area contributed by atoms with Gasteiger partial charge in [-0.1, -0.05) is 58.9 Å². The molecule has 1 saturated heterocycles. The third kappa shape index (κ3) is 4.93. The molecule has 0 aromatic heterocycles. The number of para-hydroxylation sites is 1. The normalized spacial score (nSPS) is 26.5. The maximum absolute atomic E-state index is 13.7. The van der Waals surface area contributed by atoms with Crippen LogP contribution in [0.15, 0.2) is 65.2 Å². The Morgan fingerprint density at radius 1 is 1.03 bits per heavy atom. The van der Waals surface area contributed by atoms with Crippen molar-refractivity contribution in [3.05, 3.63) is 71.4 Å². The zero-order valence-corrected chi connectivity index (χ0v) is 24.5. The van der Waals surface area contributed by atoms with Gasteiger partial charge in [-0.05, 0) is 59.9 Å². The van der Waals surface area contributed by atoms with Crippen LogP contribution in [0.25, 0.3) is 0 Å². The number of likely N-dealkylation sites (N-methyl/N-ethyl adjacent to an activating group) is 1. The monoisotopic (exact) mass is 550 g/mol. The lowest BCUT2D eigenvalue weighted by Crippen LogP contribution is -2.37. The van der Waals surface area contributed by atoms with Gasteiger partial charge in [-0.25, -0.2) is 13.2 Å². The summed E-state index contributed by atoms with van der Waals surface area (Å²) in [5.74, 6) is -1.07. The fourth-order valence-electron chi connectivity index (χ4n) is 7.28. The lowest BCUT2D eigenvalue weighted by Gasteiger charge is -2.39. The molecular formula is C31H38N2O5S. The molecule has 0 amide bonds. The minimum Gasteiger partial charge on any atom is -0.454 e. The molecule has 2 bridgehead atoms. The number of hydrogen-bond donors (Lipinski definition) is 0. The van der Waals surface area contributed by atoms with Crippen molar-refractivity contribution < 1.29 is 22.7 Å². The standard InChI is InChI=1S/C31H38N2O5S/c1-29(2)16-22-17-31(5,19-29)20-33(22)39(36,37)24-11-9-10-21(14-24)28(35)38-18-23(34)15-27-30(3,4)25-12-7-8-13-26(25)32(27)6/h7-15,22H,16-20H2,1-6H3/b27-15-/t22-,31+/m0/s1. The van der Waals surface area contributed by atoms with Crippen LogP contribution in [0.5, 0.6) is 0 Å². The van der Waals surface area contributed by atoms with Crippen LogP contribution in [0, 0.1) is 10.8 Å². The smallest absolute Gasteiger partial charge is 0.338 e. The van der Waals surface area contributed by atoms with Crippen LogP contribution in [-0.4, -0.2) is 50.7 Å². The molecule has 2 aliphatic heterocycles. The Labute approximate surface area is 231 Å². The maximum atomic E-state index is 13.7. The van der Waals surface area contributed by atoms with Gasteiger partial charge in [-0.15, -0.1) is 0 Å². The molecule has 7 nitrogen and oxygen atoms in total. The second kappa shape index (κ2) is 9.30. The van der Waals surface area contributed by atoms with E-state index in [2.05, 4.69) is 40.7 Å². The number of fused-ring (bicyclic) bond motifs is 3. The van der Waals surface area contributed by atoms with Crippen LogP contribution in [0.4, 0.5) is 5.69 Å². The summed E-state index contributed by atoms with van der Waals surface area (Å²) in [6, 6.07) is 13.9. The van der Waals surface area contributed by atoms with E-state index >= 15 is 0 Å². The van der Waals surface area contributed by atoms with Gasteiger partial charge in [0.1, 0.15) is 0 Å². The van der Waals surface area contributed by atoms with E-state index in [0.717, 1.165) is 36.2 Å². The Morgan fingerprint density at radius 2 is 1.74 bits per heavy atom. The van der Waals surface area contributed by atoms with Crippen LogP contribution in [0.1, 0.15) is 69.8 Å². The van der Waals surface area contributed by atoms with E-state index in [0.29, 0.717) is 6.54 Å². The summed E-state index contributed by atoms with van der Waals surface area (Å²) < 4.78 is 34.3. The average molecular weight is 551 g/mol. The molecule has 1 aliphatic carbocycles. The van der Waals surface area contributed by atoms with E-state index in [1.165, 1.54) is 24.3 Å². The molecule has 0 spiro atoms. The third-order valence-electron chi connectivity index (χ3n) is 8.63. The Balaban J connectivity index is 1.29. The minimum absolute atomic E-state index is 0.0471. The first kappa shape index (κ1) is 27.6. The predicted octanol–water partition coefficient (Wildman–Crippen LogP) is 5.31. The Morgan fingerprint density at radius 3 is 2.46 bits per heavy atom. The van der Waals surface area contributed by atoms with Crippen LogP contribution in [0.3, 0.4) is 0 Å². The largest absolute Gasteiger partial charge is 0.454 e. The first-order chi connectivity index (χ1) is 18.1. The van der Waals surface area contributed by atoms with Crippen LogP contribution < -0.4 is 4.90 Å². The Bertz CT molecular complexity index is 1480. The zero-order valence-electron chi connectivity index (χ0n) is 23.7. The molecule has 2 fully saturated rings. The maximum Gasteiger partial charge on any atom is 0.338 e. The highest BCUT2D eigenvalue weighted by atomic mass is 32.2. The Kier molecular flexibility index (Phi) is 6.58. The van der Waals surface area contributed by atoms with E-state index in [-0.39, 0.29) is 38.5 Å². The summed E-state index contributed by atoms with van der Waals surface area (Å²) in [5, 5.41) is 0. The van der Waals surface area contributed by atoms with Crippen molar-refractivity contribution in [1.29, 1.82) is 0 Å². The lowest BCUT2D eigenvalue weighted by atomic mass is 9.65. The van der Waals surface area contributed by atoms with Gasteiger partial charge in [-0.2, -0.15) is 4.31 Å². The number of esters is 1. The molecule has 1 saturated carbocycles.